The number of hydrogen-bond acceptors (Lipinski definition) is 3. The van der Waals surface area contributed by atoms with Crippen molar-refractivity contribution in [2.75, 3.05) is 39.3 Å². The lowest BCUT2D eigenvalue weighted by atomic mass is 9.88. The van der Waals surface area contributed by atoms with Gasteiger partial charge in [0.25, 0.3) is 0 Å². The molecule has 152 valence electrons. The van der Waals surface area contributed by atoms with Crippen molar-refractivity contribution in [3.05, 3.63) is 0 Å². The second-order valence-electron chi connectivity index (χ2n) is 9.16. The zero-order chi connectivity index (χ0) is 18.8. The summed E-state index contributed by atoms with van der Waals surface area (Å²) in [6.45, 7) is 15.2. The summed E-state index contributed by atoms with van der Waals surface area (Å²) < 4.78 is 0. The van der Waals surface area contributed by atoms with Gasteiger partial charge in [0.2, 0.25) is 0 Å². The van der Waals surface area contributed by atoms with Crippen molar-refractivity contribution < 1.29 is 0 Å². The molecule has 0 radical (unpaired) electrons. The van der Waals surface area contributed by atoms with Crippen LogP contribution >= 0.6 is 0 Å². The summed E-state index contributed by atoms with van der Waals surface area (Å²) in [5.74, 6) is 1.94. The monoisotopic (exact) mass is 365 g/mol. The Kier molecular flexibility index (Phi) is 9.20. The molecule has 26 heavy (non-hydrogen) atoms. The van der Waals surface area contributed by atoms with E-state index in [1.165, 1.54) is 64.6 Å². The molecule has 2 rings (SSSR count). The summed E-state index contributed by atoms with van der Waals surface area (Å²) in [6, 6.07) is 0.561. The standard InChI is InChI=1S/C21H43N5/c1-5-22-20(23-13-14-24-21(2,3)4)25-19-11-15-26(16-12-19)17-18-9-7-6-8-10-18/h18-19,24H,5-17H2,1-4H3,(H2,22,23,25). The molecular formula is C21H43N5. The highest BCUT2D eigenvalue weighted by Gasteiger charge is 2.23. The van der Waals surface area contributed by atoms with Crippen molar-refractivity contribution in [1.82, 2.24) is 20.9 Å². The Labute approximate surface area is 161 Å². The molecule has 0 bridgehead atoms. The van der Waals surface area contributed by atoms with Gasteiger partial charge < -0.3 is 20.9 Å². The van der Waals surface area contributed by atoms with E-state index in [2.05, 4.69) is 48.5 Å². The van der Waals surface area contributed by atoms with Crippen LogP contribution in [0, 0.1) is 5.92 Å². The lowest BCUT2D eigenvalue weighted by Gasteiger charge is -2.36. The van der Waals surface area contributed by atoms with Crippen molar-refractivity contribution in [2.24, 2.45) is 10.9 Å². The smallest absolute Gasteiger partial charge is 0.191 e. The van der Waals surface area contributed by atoms with Gasteiger partial charge in [-0.05, 0) is 59.3 Å². The second kappa shape index (κ2) is 11.1. The molecule has 3 N–H and O–H groups in total. The minimum Gasteiger partial charge on any atom is -0.357 e. The van der Waals surface area contributed by atoms with E-state index in [1.807, 2.05) is 0 Å². The van der Waals surface area contributed by atoms with Crippen LogP contribution in [-0.4, -0.2) is 61.7 Å². The molecule has 0 aromatic heterocycles. The Morgan fingerprint density at radius 2 is 1.73 bits per heavy atom. The topological polar surface area (TPSA) is 51.7 Å². The van der Waals surface area contributed by atoms with Crippen LogP contribution in [0.1, 0.15) is 72.6 Å². The van der Waals surface area contributed by atoms with Crippen LogP contribution in [0.15, 0.2) is 4.99 Å². The highest BCUT2D eigenvalue weighted by Crippen LogP contribution is 2.25. The highest BCUT2D eigenvalue weighted by atomic mass is 15.2. The van der Waals surface area contributed by atoms with Crippen molar-refractivity contribution in [2.45, 2.75) is 84.2 Å². The van der Waals surface area contributed by atoms with Gasteiger partial charge in [0.05, 0.1) is 6.54 Å². The molecule has 0 unspecified atom stereocenters. The van der Waals surface area contributed by atoms with Crippen LogP contribution in [0.2, 0.25) is 0 Å². The number of aliphatic imine (C=N–C) groups is 1. The number of nitrogens with zero attached hydrogens (tertiary/aromatic N) is 2. The fraction of sp³-hybridized carbons (Fsp3) is 0.952. The minimum absolute atomic E-state index is 0.159. The zero-order valence-corrected chi connectivity index (χ0v) is 17.7. The zero-order valence-electron chi connectivity index (χ0n) is 17.7. The first kappa shape index (κ1) is 21.5. The van der Waals surface area contributed by atoms with Gasteiger partial charge in [-0.25, -0.2) is 0 Å². The first-order valence-corrected chi connectivity index (χ1v) is 11.0. The van der Waals surface area contributed by atoms with E-state index in [0.717, 1.165) is 31.5 Å². The summed E-state index contributed by atoms with van der Waals surface area (Å²) in [5.41, 5.74) is 0.159. The SMILES string of the molecule is CCNC(=NCCNC(C)(C)C)NC1CCN(CC2CCCCC2)CC1. The third kappa shape index (κ3) is 8.72. The molecule has 0 spiro atoms. The molecule has 0 amide bonds. The van der Waals surface area contributed by atoms with E-state index in [1.54, 1.807) is 0 Å². The predicted molar refractivity (Wildman–Crippen MR) is 113 cm³/mol. The molecule has 2 aliphatic rings. The van der Waals surface area contributed by atoms with Gasteiger partial charge in [-0.2, -0.15) is 0 Å². The first-order valence-electron chi connectivity index (χ1n) is 11.0. The summed E-state index contributed by atoms with van der Waals surface area (Å²) >= 11 is 0. The molecule has 0 aromatic carbocycles. The number of hydrogen-bond donors (Lipinski definition) is 3. The molecule has 1 heterocycles. The fourth-order valence-electron chi connectivity index (χ4n) is 4.11. The largest absolute Gasteiger partial charge is 0.357 e. The quantitative estimate of drug-likeness (QED) is 0.369. The van der Waals surface area contributed by atoms with Gasteiger partial charge in [-0.3, -0.25) is 4.99 Å². The van der Waals surface area contributed by atoms with Crippen molar-refractivity contribution >= 4 is 5.96 Å². The Balaban J connectivity index is 1.68. The number of guanidine groups is 1. The fourth-order valence-corrected chi connectivity index (χ4v) is 4.11. The predicted octanol–water partition coefficient (Wildman–Crippen LogP) is 2.97. The van der Waals surface area contributed by atoms with Crippen LogP contribution in [0.4, 0.5) is 0 Å². The Morgan fingerprint density at radius 3 is 2.35 bits per heavy atom. The number of rotatable bonds is 7. The van der Waals surface area contributed by atoms with Crippen molar-refractivity contribution in [3.63, 3.8) is 0 Å². The third-order valence-electron chi connectivity index (χ3n) is 5.55. The Morgan fingerprint density at radius 1 is 1.04 bits per heavy atom. The number of likely N-dealkylation sites (tertiary alicyclic amines) is 1. The van der Waals surface area contributed by atoms with Gasteiger partial charge in [0.1, 0.15) is 0 Å². The number of piperidine rings is 1. The summed E-state index contributed by atoms with van der Waals surface area (Å²) in [4.78, 5) is 7.44. The van der Waals surface area contributed by atoms with E-state index in [9.17, 15) is 0 Å². The van der Waals surface area contributed by atoms with Gasteiger partial charge in [-0.15, -0.1) is 0 Å². The molecule has 1 aliphatic carbocycles. The molecule has 0 aromatic rings. The normalized spacial score (nSPS) is 21.8. The Hall–Kier alpha value is -0.810. The van der Waals surface area contributed by atoms with Crippen LogP contribution < -0.4 is 16.0 Å². The lowest BCUT2D eigenvalue weighted by molar-refractivity contribution is 0.160. The first-order chi connectivity index (χ1) is 12.5. The molecule has 5 nitrogen and oxygen atoms in total. The summed E-state index contributed by atoms with van der Waals surface area (Å²) in [6.07, 6.45) is 9.75. The molecule has 0 atom stereocenters. The maximum atomic E-state index is 4.74. The van der Waals surface area contributed by atoms with E-state index in [4.69, 9.17) is 4.99 Å². The minimum atomic E-state index is 0.159. The van der Waals surface area contributed by atoms with Crippen molar-refractivity contribution in [1.29, 1.82) is 0 Å². The molecule has 1 saturated carbocycles. The van der Waals surface area contributed by atoms with Gasteiger partial charge in [0, 0.05) is 44.3 Å². The molecule has 5 heteroatoms. The lowest BCUT2D eigenvalue weighted by Crippen LogP contribution is -2.49. The maximum absolute atomic E-state index is 4.74. The van der Waals surface area contributed by atoms with Crippen LogP contribution in [0.5, 0.6) is 0 Å². The van der Waals surface area contributed by atoms with E-state index < -0.39 is 0 Å². The summed E-state index contributed by atoms with van der Waals surface area (Å²) in [7, 11) is 0. The molecule has 2 fully saturated rings. The van der Waals surface area contributed by atoms with Gasteiger partial charge in [0.15, 0.2) is 5.96 Å². The number of nitrogens with one attached hydrogen (secondary N) is 3. The average Bonchev–Trinajstić information content (AvgIpc) is 2.60. The molecule has 1 aliphatic heterocycles. The third-order valence-corrected chi connectivity index (χ3v) is 5.55. The van der Waals surface area contributed by atoms with Gasteiger partial charge >= 0.3 is 0 Å². The highest BCUT2D eigenvalue weighted by molar-refractivity contribution is 5.80. The van der Waals surface area contributed by atoms with E-state index >= 15 is 0 Å². The Bertz CT molecular complexity index is 401. The van der Waals surface area contributed by atoms with E-state index in [-0.39, 0.29) is 5.54 Å². The molecular weight excluding hydrogens is 322 g/mol. The summed E-state index contributed by atoms with van der Waals surface area (Å²) in [5, 5.41) is 10.6. The second-order valence-corrected chi connectivity index (χ2v) is 9.16. The van der Waals surface area contributed by atoms with Crippen molar-refractivity contribution in [3.8, 4) is 0 Å². The van der Waals surface area contributed by atoms with Crippen LogP contribution in [0.3, 0.4) is 0 Å². The van der Waals surface area contributed by atoms with Crippen LogP contribution in [0.25, 0.3) is 0 Å². The maximum Gasteiger partial charge on any atom is 0.191 e. The average molecular weight is 366 g/mol. The van der Waals surface area contributed by atoms with Gasteiger partial charge in [-0.1, -0.05) is 19.3 Å². The van der Waals surface area contributed by atoms with Crippen LogP contribution in [-0.2, 0) is 0 Å². The molecule has 1 saturated heterocycles. The van der Waals surface area contributed by atoms with E-state index in [0.29, 0.717) is 6.04 Å².